The van der Waals surface area contributed by atoms with Crippen LogP contribution in [0.2, 0.25) is 0 Å². The minimum Gasteiger partial charge on any atom is -0.497 e. The molecule has 0 radical (unpaired) electrons. The molecule has 1 atom stereocenters. The van der Waals surface area contributed by atoms with E-state index in [9.17, 15) is 4.79 Å². The Morgan fingerprint density at radius 3 is 2.70 bits per heavy atom. The maximum absolute atomic E-state index is 10.8. The highest BCUT2D eigenvalue weighted by Crippen LogP contribution is 2.31. The molecule has 1 fully saturated rings. The molecule has 1 aliphatic rings. The van der Waals surface area contributed by atoms with E-state index in [2.05, 4.69) is 17.0 Å². The van der Waals surface area contributed by atoms with E-state index in [1.165, 1.54) is 18.4 Å². The third kappa shape index (κ3) is 3.97. The number of hydrogen-bond acceptors (Lipinski definition) is 3. The molecule has 20 heavy (non-hydrogen) atoms. The van der Waals surface area contributed by atoms with Crippen LogP contribution >= 0.6 is 0 Å². The lowest BCUT2D eigenvalue weighted by molar-refractivity contribution is -0.137. The summed E-state index contributed by atoms with van der Waals surface area (Å²) in [5, 5.41) is 8.90. The van der Waals surface area contributed by atoms with Gasteiger partial charge >= 0.3 is 5.97 Å². The van der Waals surface area contributed by atoms with Crippen molar-refractivity contribution in [2.45, 2.75) is 38.1 Å². The monoisotopic (exact) mass is 277 g/mol. The number of nitrogens with zero attached hydrogens (tertiary/aromatic N) is 1. The maximum Gasteiger partial charge on any atom is 0.304 e. The van der Waals surface area contributed by atoms with E-state index in [1.54, 1.807) is 7.11 Å². The van der Waals surface area contributed by atoms with Crippen molar-refractivity contribution in [3.8, 4) is 5.75 Å². The molecule has 2 rings (SSSR count). The Morgan fingerprint density at radius 1 is 1.30 bits per heavy atom. The smallest absolute Gasteiger partial charge is 0.304 e. The normalized spacial score (nSPS) is 20.4. The highest BCUT2D eigenvalue weighted by atomic mass is 16.5. The van der Waals surface area contributed by atoms with Crippen molar-refractivity contribution in [2.24, 2.45) is 0 Å². The molecule has 1 N–H and O–H groups in total. The van der Waals surface area contributed by atoms with Gasteiger partial charge in [0.15, 0.2) is 0 Å². The molecule has 110 valence electrons. The maximum atomic E-state index is 10.8. The van der Waals surface area contributed by atoms with Crippen molar-refractivity contribution in [3.05, 3.63) is 29.8 Å². The summed E-state index contributed by atoms with van der Waals surface area (Å²) >= 11 is 0. The molecular formula is C16H23NO3. The second-order valence-corrected chi connectivity index (χ2v) is 5.32. The molecule has 0 aliphatic carbocycles. The molecule has 1 heterocycles. The Morgan fingerprint density at radius 2 is 2.05 bits per heavy atom. The second-order valence-electron chi connectivity index (χ2n) is 5.32. The van der Waals surface area contributed by atoms with Crippen molar-refractivity contribution in [3.63, 3.8) is 0 Å². The topological polar surface area (TPSA) is 49.8 Å². The molecule has 4 heteroatoms. The van der Waals surface area contributed by atoms with Gasteiger partial charge in [0.1, 0.15) is 5.75 Å². The van der Waals surface area contributed by atoms with E-state index in [0.29, 0.717) is 12.6 Å². The number of aliphatic carboxylic acids is 1. The molecule has 0 amide bonds. The zero-order valence-electron chi connectivity index (χ0n) is 12.0. The average Bonchev–Trinajstić information content (AvgIpc) is 2.70. The summed E-state index contributed by atoms with van der Waals surface area (Å²) in [7, 11) is 1.67. The van der Waals surface area contributed by atoms with Crippen LogP contribution in [0.25, 0.3) is 0 Å². The Hall–Kier alpha value is -1.55. The zero-order valence-corrected chi connectivity index (χ0v) is 12.0. The fourth-order valence-corrected chi connectivity index (χ4v) is 2.88. The second kappa shape index (κ2) is 7.29. The summed E-state index contributed by atoms with van der Waals surface area (Å²) in [6, 6.07) is 8.50. The Kier molecular flexibility index (Phi) is 5.41. The van der Waals surface area contributed by atoms with Crippen LogP contribution in [-0.2, 0) is 4.79 Å². The predicted molar refractivity (Wildman–Crippen MR) is 78.0 cm³/mol. The van der Waals surface area contributed by atoms with Gasteiger partial charge in [0.05, 0.1) is 13.5 Å². The molecule has 0 spiro atoms. The summed E-state index contributed by atoms with van der Waals surface area (Å²) in [6.45, 7) is 1.62. The molecule has 1 aliphatic heterocycles. The van der Waals surface area contributed by atoms with Crippen molar-refractivity contribution >= 4 is 5.97 Å². The largest absolute Gasteiger partial charge is 0.497 e. The first-order valence-corrected chi connectivity index (χ1v) is 7.30. The SMILES string of the molecule is COc1ccc([C@@H]2CCCCCN2CCC(=O)O)cc1. The number of methoxy groups -OCH3 is 1. The van der Waals surface area contributed by atoms with Gasteiger partial charge in [-0.1, -0.05) is 25.0 Å². The van der Waals surface area contributed by atoms with Crippen LogP contribution in [-0.4, -0.2) is 36.2 Å². The summed E-state index contributed by atoms with van der Waals surface area (Å²) < 4.78 is 5.20. The molecule has 0 aromatic heterocycles. The summed E-state index contributed by atoms with van der Waals surface area (Å²) in [5.41, 5.74) is 1.26. The fourth-order valence-electron chi connectivity index (χ4n) is 2.88. The quantitative estimate of drug-likeness (QED) is 0.898. The predicted octanol–water partition coefficient (Wildman–Crippen LogP) is 3.09. The molecular weight excluding hydrogens is 254 g/mol. The first-order chi connectivity index (χ1) is 9.70. The number of benzene rings is 1. The third-order valence-electron chi connectivity index (χ3n) is 3.98. The van der Waals surface area contributed by atoms with Crippen LogP contribution in [0, 0.1) is 0 Å². The van der Waals surface area contributed by atoms with Gasteiger partial charge in [0.2, 0.25) is 0 Å². The van der Waals surface area contributed by atoms with Crippen LogP contribution in [0.15, 0.2) is 24.3 Å². The van der Waals surface area contributed by atoms with Gasteiger partial charge in [-0.15, -0.1) is 0 Å². The number of likely N-dealkylation sites (tertiary alicyclic amines) is 1. The lowest BCUT2D eigenvalue weighted by atomic mass is 10.0. The number of rotatable bonds is 5. The summed E-state index contributed by atoms with van der Waals surface area (Å²) in [6.07, 6.45) is 4.92. The van der Waals surface area contributed by atoms with Crippen molar-refractivity contribution in [2.75, 3.05) is 20.2 Å². The van der Waals surface area contributed by atoms with E-state index in [0.717, 1.165) is 25.1 Å². The third-order valence-corrected chi connectivity index (χ3v) is 3.98. The molecule has 0 saturated carbocycles. The summed E-state index contributed by atoms with van der Waals surface area (Å²) in [4.78, 5) is 13.1. The van der Waals surface area contributed by atoms with Gasteiger partial charge in [0, 0.05) is 12.6 Å². The number of carboxylic acids is 1. The first-order valence-electron chi connectivity index (χ1n) is 7.30. The molecule has 0 bridgehead atoms. The van der Waals surface area contributed by atoms with Gasteiger partial charge in [0.25, 0.3) is 0 Å². The lowest BCUT2D eigenvalue weighted by Crippen LogP contribution is -2.30. The molecule has 1 saturated heterocycles. The number of hydrogen-bond donors (Lipinski definition) is 1. The van der Waals surface area contributed by atoms with Crippen LogP contribution in [0.3, 0.4) is 0 Å². The molecule has 4 nitrogen and oxygen atoms in total. The first kappa shape index (κ1) is 14.9. The lowest BCUT2D eigenvalue weighted by Gasteiger charge is -2.30. The minimum atomic E-state index is -0.720. The summed E-state index contributed by atoms with van der Waals surface area (Å²) in [5.74, 6) is 0.141. The Labute approximate surface area is 120 Å². The molecule has 0 unspecified atom stereocenters. The van der Waals surface area contributed by atoms with Gasteiger partial charge in [-0.2, -0.15) is 0 Å². The highest BCUT2D eigenvalue weighted by molar-refractivity contribution is 5.66. The van der Waals surface area contributed by atoms with Crippen LogP contribution in [0.1, 0.15) is 43.7 Å². The van der Waals surface area contributed by atoms with Crippen molar-refractivity contribution in [1.29, 1.82) is 0 Å². The standard InChI is InChI=1S/C16H23NO3/c1-20-14-8-6-13(7-9-14)15-5-3-2-4-11-17(15)12-10-16(18)19/h6-9,15H,2-5,10-12H2,1H3,(H,18,19)/t15-/m0/s1. The number of carbonyl (C=O) groups is 1. The van der Waals surface area contributed by atoms with Crippen molar-refractivity contribution in [1.82, 2.24) is 4.90 Å². The average molecular weight is 277 g/mol. The molecule has 1 aromatic carbocycles. The Bertz CT molecular complexity index is 430. The highest BCUT2D eigenvalue weighted by Gasteiger charge is 2.22. The fraction of sp³-hybridized carbons (Fsp3) is 0.562. The van der Waals surface area contributed by atoms with E-state index in [4.69, 9.17) is 9.84 Å². The van der Waals surface area contributed by atoms with E-state index < -0.39 is 5.97 Å². The zero-order chi connectivity index (χ0) is 14.4. The van der Waals surface area contributed by atoms with E-state index in [1.807, 2.05) is 12.1 Å². The number of ether oxygens (including phenoxy) is 1. The van der Waals surface area contributed by atoms with E-state index in [-0.39, 0.29) is 6.42 Å². The van der Waals surface area contributed by atoms with Crippen LogP contribution in [0.5, 0.6) is 5.75 Å². The van der Waals surface area contributed by atoms with Gasteiger partial charge in [-0.05, 0) is 37.1 Å². The number of carboxylic acid groups (broad SMARTS) is 1. The van der Waals surface area contributed by atoms with Gasteiger partial charge in [-0.25, -0.2) is 0 Å². The van der Waals surface area contributed by atoms with Crippen LogP contribution < -0.4 is 4.74 Å². The van der Waals surface area contributed by atoms with Crippen molar-refractivity contribution < 1.29 is 14.6 Å². The van der Waals surface area contributed by atoms with Gasteiger partial charge in [-0.3, -0.25) is 9.69 Å². The molecule has 1 aromatic rings. The van der Waals surface area contributed by atoms with Crippen LogP contribution in [0.4, 0.5) is 0 Å². The minimum absolute atomic E-state index is 0.215. The van der Waals surface area contributed by atoms with E-state index >= 15 is 0 Å². The Balaban J connectivity index is 2.11. The van der Waals surface area contributed by atoms with Gasteiger partial charge < -0.3 is 9.84 Å².